The lowest BCUT2D eigenvalue weighted by molar-refractivity contribution is 0.102. The Kier molecular flexibility index (Phi) is 3.42. The molecular weight excluding hydrogens is 284 g/mol. The van der Waals surface area contributed by atoms with Crippen LogP contribution in [-0.2, 0) is 0 Å². The van der Waals surface area contributed by atoms with Crippen molar-refractivity contribution in [2.24, 2.45) is 0 Å². The lowest BCUT2D eigenvalue weighted by Gasteiger charge is -2.03. The second-order valence-electron chi connectivity index (χ2n) is 4.89. The van der Waals surface area contributed by atoms with Crippen molar-refractivity contribution in [2.75, 3.05) is 5.32 Å². The summed E-state index contributed by atoms with van der Waals surface area (Å²) >= 11 is 0. The molecule has 1 N–H and O–H groups in total. The first-order valence-electron chi connectivity index (χ1n) is 6.65. The zero-order valence-electron chi connectivity index (χ0n) is 12.4. The number of anilines is 1. The van der Waals surface area contributed by atoms with Gasteiger partial charge in [-0.15, -0.1) is 10.2 Å². The van der Waals surface area contributed by atoms with Gasteiger partial charge in [-0.1, -0.05) is 5.16 Å². The number of nitrogens with zero attached hydrogens (tertiary/aromatic N) is 5. The number of carbonyl (C=O) groups excluding carboxylic acids is 1. The largest absolute Gasteiger partial charge is 0.360 e. The zero-order chi connectivity index (χ0) is 15.7. The van der Waals surface area contributed by atoms with Crippen molar-refractivity contribution in [1.29, 1.82) is 0 Å². The van der Waals surface area contributed by atoms with Crippen LogP contribution in [0.2, 0.25) is 0 Å². The molecule has 3 rings (SSSR count). The van der Waals surface area contributed by atoms with Gasteiger partial charge in [-0.3, -0.25) is 4.79 Å². The molecule has 0 fully saturated rings. The molecule has 0 spiro atoms. The predicted octanol–water partition coefficient (Wildman–Crippen LogP) is 1.83. The van der Waals surface area contributed by atoms with E-state index in [4.69, 9.17) is 4.52 Å². The standard InChI is InChI=1S/C14H14N6O2/c1-8-6-9(2)20(18-8)13-5-4-11(16-17-13)14(21)15-12-7-10(3)22-19-12/h4-7H,1-3H3,(H,15,19,21). The topological polar surface area (TPSA) is 98.7 Å². The van der Waals surface area contributed by atoms with Crippen LogP contribution in [0.15, 0.2) is 28.8 Å². The van der Waals surface area contributed by atoms with Gasteiger partial charge in [0, 0.05) is 11.8 Å². The third kappa shape index (κ3) is 2.71. The third-order valence-electron chi connectivity index (χ3n) is 2.98. The first-order valence-corrected chi connectivity index (χ1v) is 6.65. The van der Waals surface area contributed by atoms with Crippen LogP contribution in [-0.4, -0.2) is 31.0 Å². The van der Waals surface area contributed by atoms with Crippen molar-refractivity contribution in [3.63, 3.8) is 0 Å². The number of amides is 1. The first-order chi connectivity index (χ1) is 10.5. The van der Waals surface area contributed by atoms with E-state index >= 15 is 0 Å². The quantitative estimate of drug-likeness (QED) is 0.792. The summed E-state index contributed by atoms with van der Waals surface area (Å²) < 4.78 is 6.55. The van der Waals surface area contributed by atoms with E-state index in [-0.39, 0.29) is 5.69 Å². The fourth-order valence-electron chi connectivity index (χ4n) is 2.03. The van der Waals surface area contributed by atoms with Gasteiger partial charge in [0.15, 0.2) is 17.3 Å². The molecule has 8 heteroatoms. The highest BCUT2D eigenvalue weighted by atomic mass is 16.5. The molecular formula is C14H14N6O2. The molecule has 0 atom stereocenters. The number of carbonyl (C=O) groups is 1. The molecule has 0 aliphatic heterocycles. The number of nitrogens with one attached hydrogen (secondary N) is 1. The van der Waals surface area contributed by atoms with Crippen molar-refractivity contribution in [3.8, 4) is 5.82 Å². The molecule has 0 aliphatic rings. The van der Waals surface area contributed by atoms with E-state index in [2.05, 4.69) is 25.8 Å². The van der Waals surface area contributed by atoms with Gasteiger partial charge >= 0.3 is 0 Å². The maximum Gasteiger partial charge on any atom is 0.277 e. The molecule has 0 radical (unpaired) electrons. The van der Waals surface area contributed by atoms with E-state index in [0.29, 0.717) is 17.4 Å². The van der Waals surface area contributed by atoms with Gasteiger partial charge in [-0.05, 0) is 39.0 Å². The predicted molar refractivity (Wildman–Crippen MR) is 77.8 cm³/mol. The van der Waals surface area contributed by atoms with Crippen LogP contribution in [0.1, 0.15) is 27.6 Å². The Morgan fingerprint density at radius 1 is 1.18 bits per heavy atom. The summed E-state index contributed by atoms with van der Waals surface area (Å²) in [6.07, 6.45) is 0. The molecule has 3 heterocycles. The minimum absolute atomic E-state index is 0.186. The summed E-state index contributed by atoms with van der Waals surface area (Å²) in [5.41, 5.74) is 2.02. The lowest BCUT2D eigenvalue weighted by Crippen LogP contribution is -2.15. The van der Waals surface area contributed by atoms with Gasteiger partial charge < -0.3 is 9.84 Å². The molecule has 0 unspecified atom stereocenters. The minimum Gasteiger partial charge on any atom is -0.360 e. The normalized spacial score (nSPS) is 10.7. The smallest absolute Gasteiger partial charge is 0.277 e. The summed E-state index contributed by atoms with van der Waals surface area (Å²) in [7, 11) is 0. The zero-order valence-corrected chi connectivity index (χ0v) is 12.4. The second-order valence-corrected chi connectivity index (χ2v) is 4.89. The number of hydrogen-bond donors (Lipinski definition) is 1. The van der Waals surface area contributed by atoms with Crippen LogP contribution in [0.25, 0.3) is 5.82 Å². The van der Waals surface area contributed by atoms with Crippen molar-refractivity contribution < 1.29 is 9.32 Å². The molecule has 1 amide bonds. The van der Waals surface area contributed by atoms with Crippen molar-refractivity contribution in [3.05, 3.63) is 47.1 Å². The van der Waals surface area contributed by atoms with Gasteiger partial charge in [0.25, 0.3) is 5.91 Å². The van der Waals surface area contributed by atoms with E-state index in [0.717, 1.165) is 11.4 Å². The molecule has 8 nitrogen and oxygen atoms in total. The Bertz CT molecular complexity index is 818. The molecule has 0 aliphatic carbocycles. The fraction of sp³-hybridized carbons (Fsp3) is 0.214. The second kappa shape index (κ2) is 5.40. The number of aromatic nitrogens is 5. The molecule has 3 aromatic heterocycles. The highest BCUT2D eigenvalue weighted by molar-refractivity contribution is 6.02. The molecule has 0 aromatic carbocycles. The van der Waals surface area contributed by atoms with E-state index in [9.17, 15) is 4.79 Å². The Balaban J connectivity index is 1.79. The minimum atomic E-state index is -0.402. The Hall–Kier alpha value is -3.03. The number of rotatable bonds is 3. The number of aryl methyl sites for hydroxylation is 3. The van der Waals surface area contributed by atoms with Crippen molar-refractivity contribution in [2.45, 2.75) is 20.8 Å². The van der Waals surface area contributed by atoms with Gasteiger partial charge in [-0.2, -0.15) is 5.10 Å². The monoisotopic (exact) mass is 298 g/mol. The first kappa shape index (κ1) is 13.9. The Labute approximate surface area is 126 Å². The van der Waals surface area contributed by atoms with Gasteiger partial charge in [0.05, 0.1) is 5.69 Å². The average Bonchev–Trinajstić information content (AvgIpc) is 3.04. The highest BCUT2D eigenvalue weighted by Crippen LogP contribution is 2.11. The average molecular weight is 298 g/mol. The van der Waals surface area contributed by atoms with Gasteiger partial charge in [0.2, 0.25) is 0 Å². The van der Waals surface area contributed by atoms with E-state index in [1.54, 1.807) is 29.8 Å². The Morgan fingerprint density at radius 2 is 2.00 bits per heavy atom. The van der Waals surface area contributed by atoms with Crippen LogP contribution in [0.4, 0.5) is 5.82 Å². The fourth-order valence-corrected chi connectivity index (χ4v) is 2.03. The summed E-state index contributed by atoms with van der Waals surface area (Å²) in [6, 6.07) is 6.83. The number of hydrogen-bond acceptors (Lipinski definition) is 6. The van der Waals surface area contributed by atoms with Crippen LogP contribution < -0.4 is 5.32 Å². The molecule has 0 bridgehead atoms. The summed E-state index contributed by atoms with van der Waals surface area (Å²) in [5.74, 6) is 1.10. The highest BCUT2D eigenvalue weighted by Gasteiger charge is 2.12. The molecule has 0 saturated heterocycles. The SMILES string of the molecule is Cc1cc(C)n(-c2ccc(C(=O)Nc3cc(C)on3)nn2)n1. The molecule has 3 aromatic rings. The van der Waals surface area contributed by atoms with Crippen LogP contribution >= 0.6 is 0 Å². The Morgan fingerprint density at radius 3 is 2.55 bits per heavy atom. The summed E-state index contributed by atoms with van der Waals surface area (Å²) in [6.45, 7) is 5.57. The lowest BCUT2D eigenvalue weighted by atomic mass is 10.3. The van der Waals surface area contributed by atoms with Crippen molar-refractivity contribution >= 4 is 11.7 Å². The third-order valence-corrected chi connectivity index (χ3v) is 2.98. The van der Waals surface area contributed by atoms with Crippen LogP contribution in [0, 0.1) is 20.8 Å². The van der Waals surface area contributed by atoms with E-state index < -0.39 is 5.91 Å². The molecule has 0 saturated carbocycles. The summed E-state index contributed by atoms with van der Waals surface area (Å²) in [5, 5.41) is 18.6. The van der Waals surface area contributed by atoms with Crippen molar-refractivity contribution in [1.82, 2.24) is 25.1 Å². The van der Waals surface area contributed by atoms with E-state index in [1.165, 1.54) is 0 Å². The van der Waals surface area contributed by atoms with Crippen LogP contribution in [0.3, 0.4) is 0 Å². The van der Waals surface area contributed by atoms with Crippen LogP contribution in [0.5, 0.6) is 0 Å². The maximum absolute atomic E-state index is 12.0. The summed E-state index contributed by atoms with van der Waals surface area (Å²) in [4.78, 5) is 12.0. The molecule has 112 valence electrons. The van der Waals surface area contributed by atoms with Gasteiger partial charge in [-0.25, -0.2) is 4.68 Å². The van der Waals surface area contributed by atoms with E-state index in [1.807, 2.05) is 19.9 Å². The molecule has 22 heavy (non-hydrogen) atoms. The van der Waals surface area contributed by atoms with Gasteiger partial charge in [0.1, 0.15) is 5.76 Å². The maximum atomic E-state index is 12.0.